The molecule has 7 heteroatoms. The minimum absolute atomic E-state index is 0.248. The van der Waals surface area contributed by atoms with Crippen molar-refractivity contribution in [3.05, 3.63) is 51.9 Å². The van der Waals surface area contributed by atoms with Crippen LogP contribution in [0.1, 0.15) is 16.6 Å². The molecule has 104 valence electrons. The van der Waals surface area contributed by atoms with Crippen molar-refractivity contribution >= 4 is 33.0 Å². The summed E-state index contributed by atoms with van der Waals surface area (Å²) in [5.74, 6) is 5.42. The Labute approximate surface area is 123 Å². The van der Waals surface area contributed by atoms with Crippen molar-refractivity contribution in [3.63, 3.8) is 0 Å². The highest BCUT2D eigenvalue weighted by Crippen LogP contribution is 2.35. The fourth-order valence-corrected chi connectivity index (χ4v) is 3.64. The topological polar surface area (TPSA) is 55.9 Å². The Hall–Kier alpha value is -1.47. The Kier molecular flexibility index (Phi) is 3.47. The van der Waals surface area contributed by atoms with Crippen LogP contribution in [-0.4, -0.2) is 9.78 Å². The monoisotopic (exact) mass is 310 g/mol. The number of fused-ring (bicyclic) bond motifs is 1. The van der Waals surface area contributed by atoms with E-state index in [2.05, 4.69) is 10.5 Å². The number of aryl methyl sites for hydroxylation is 1. The van der Waals surface area contributed by atoms with E-state index in [0.717, 1.165) is 20.7 Å². The van der Waals surface area contributed by atoms with Gasteiger partial charge in [-0.1, -0.05) is 17.7 Å². The average molecular weight is 311 g/mol. The van der Waals surface area contributed by atoms with Crippen LogP contribution in [0, 0.1) is 5.82 Å². The summed E-state index contributed by atoms with van der Waals surface area (Å²) in [6.45, 7) is 0. The van der Waals surface area contributed by atoms with Crippen molar-refractivity contribution in [2.24, 2.45) is 12.9 Å². The Morgan fingerprint density at radius 2 is 2.25 bits per heavy atom. The van der Waals surface area contributed by atoms with Crippen molar-refractivity contribution in [1.29, 1.82) is 0 Å². The van der Waals surface area contributed by atoms with Crippen LogP contribution >= 0.6 is 22.9 Å². The predicted octanol–water partition coefficient (Wildman–Crippen LogP) is 2.98. The lowest BCUT2D eigenvalue weighted by Gasteiger charge is -2.15. The van der Waals surface area contributed by atoms with E-state index < -0.39 is 0 Å². The lowest BCUT2D eigenvalue weighted by molar-refractivity contribution is 0.582. The summed E-state index contributed by atoms with van der Waals surface area (Å²) in [7, 11) is 1.80. The van der Waals surface area contributed by atoms with E-state index in [4.69, 9.17) is 17.4 Å². The standard InChI is InChI=1S/C13H12ClFN4S/c1-19-13(9(14)6-17-19)12(18-16)11-4-7-2-3-8(15)5-10(7)20-11/h2-6,12,18H,16H2,1H3. The number of aromatic nitrogens is 2. The first-order chi connectivity index (χ1) is 9.60. The highest BCUT2D eigenvalue weighted by molar-refractivity contribution is 7.19. The van der Waals surface area contributed by atoms with Crippen molar-refractivity contribution in [2.75, 3.05) is 0 Å². The minimum atomic E-state index is -0.282. The van der Waals surface area contributed by atoms with E-state index in [1.165, 1.54) is 23.5 Å². The molecule has 0 aliphatic carbocycles. The lowest BCUT2D eigenvalue weighted by atomic mass is 10.1. The van der Waals surface area contributed by atoms with E-state index in [-0.39, 0.29) is 11.9 Å². The molecule has 1 aromatic carbocycles. The highest BCUT2D eigenvalue weighted by Gasteiger charge is 2.22. The van der Waals surface area contributed by atoms with Gasteiger partial charge in [0.15, 0.2) is 0 Å². The number of rotatable bonds is 3. The Morgan fingerprint density at radius 3 is 2.90 bits per heavy atom. The van der Waals surface area contributed by atoms with Gasteiger partial charge in [-0.3, -0.25) is 10.5 Å². The van der Waals surface area contributed by atoms with Gasteiger partial charge in [0.25, 0.3) is 0 Å². The zero-order valence-corrected chi connectivity index (χ0v) is 12.2. The van der Waals surface area contributed by atoms with Crippen LogP contribution in [-0.2, 0) is 7.05 Å². The first kappa shape index (κ1) is 13.5. The Balaban J connectivity index is 2.12. The number of hydrogen-bond donors (Lipinski definition) is 2. The zero-order valence-electron chi connectivity index (χ0n) is 10.6. The SMILES string of the molecule is Cn1ncc(Cl)c1C(NN)c1cc2ccc(F)cc2s1. The molecule has 0 amide bonds. The Morgan fingerprint density at radius 1 is 1.45 bits per heavy atom. The van der Waals surface area contributed by atoms with Gasteiger partial charge in [-0.15, -0.1) is 11.3 Å². The molecule has 4 nitrogen and oxygen atoms in total. The summed E-state index contributed by atoms with van der Waals surface area (Å²) in [6.07, 6.45) is 1.58. The van der Waals surface area contributed by atoms with E-state index in [1.54, 1.807) is 24.0 Å². The first-order valence-corrected chi connectivity index (χ1v) is 7.12. The van der Waals surface area contributed by atoms with Crippen LogP contribution in [0.15, 0.2) is 30.5 Å². The largest absolute Gasteiger partial charge is 0.270 e. The second kappa shape index (κ2) is 5.14. The maximum absolute atomic E-state index is 13.3. The molecule has 2 heterocycles. The van der Waals surface area contributed by atoms with Crippen LogP contribution in [0.25, 0.3) is 10.1 Å². The number of nitrogens with one attached hydrogen (secondary N) is 1. The van der Waals surface area contributed by atoms with E-state index in [1.807, 2.05) is 6.07 Å². The molecular weight excluding hydrogens is 299 g/mol. The quantitative estimate of drug-likeness (QED) is 0.577. The smallest absolute Gasteiger partial charge is 0.124 e. The third-order valence-electron chi connectivity index (χ3n) is 3.16. The predicted molar refractivity (Wildman–Crippen MR) is 79.2 cm³/mol. The number of halogens is 2. The molecule has 3 N–H and O–H groups in total. The van der Waals surface area contributed by atoms with Crippen molar-refractivity contribution in [1.82, 2.24) is 15.2 Å². The van der Waals surface area contributed by atoms with Gasteiger partial charge in [0.1, 0.15) is 5.82 Å². The summed E-state index contributed by atoms with van der Waals surface area (Å²) in [5, 5.41) is 5.63. The van der Waals surface area contributed by atoms with Crippen LogP contribution < -0.4 is 11.3 Å². The molecule has 20 heavy (non-hydrogen) atoms. The molecule has 0 saturated carbocycles. The molecule has 0 bridgehead atoms. The van der Waals surface area contributed by atoms with Gasteiger partial charge in [-0.2, -0.15) is 5.10 Å². The fraction of sp³-hybridized carbons (Fsp3) is 0.154. The molecule has 0 aliphatic heterocycles. The number of thiophene rings is 1. The van der Waals surface area contributed by atoms with Gasteiger partial charge in [0, 0.05) is 16.6 Å². The highest BCUT2D eigenvalue weighted by atomic mass is 35.5. The molecule has 0 aliphatic rings. The van der Waals surface area contributed by atoms with Gasteiger partial charge in [-0.25, -0.2) is 9.82 Å². The van der Waals surface area contributed by atoms with Gasteiger partial charge in [0.2, 0.25) is 0 Å². The van der Waals surface area contributed by atoms with Crippen LogP contribution in [0.3, 0.4) is 0 Å². The second-order valence-corrected chi connectivity index (χ2v) is 5.95. The summed E-state index contributed by atoms with van der Waals surface area (Å²) in [5.41, 5.74) is 3.53. The molecule has 0 saturated heterocycles. The fourth-order valence-electron chi connectivity index (χ4n) is 2.21. The third-order valence-corrected chi connectivity index (χ3v) is 4.62. The maximum Gasteiger partial charge on any atom is 0.124 e. The third kappa shape index (κ3) is 2.20. The van der Waals surface area contributed by atoms with Gasteiger partial charge in [-0.05, 0) is 23.6 Å². The van der Waals surface area contributed by atoms with Crippen molar-refractivity contribution in [3.8, 4) is 0 Å². The molecule has 3 aromatic rings. The summed E-state index contributed by atoms with van der Waals surface area (Å²) >= 11 is 7.64. The molecule has 3 rings (SSSR count). The Bertz CT molecular complexity index is 747. The van der Waals surface area contributed by atoms with Gasteiger partial charge in [0.05, 0.1) is 23.0 Å². The lowest BCUT2D eigenvalue weighted by Crippen LogP contribution is -2.30. The number of nitrogens with zero attached hydrogens (tertiary/aromatic N) is 2. The van der Waals surface area contributed by atoms with E-state index >= 15 is 0 Å². The number of benzene rings is 1. The molecular formula is C13H12ClFN4S. The van der Waals surface area contributed by atoms with Crippen LogP contribution in [0.4, 0.5) is 4.39 Å². The molecule has 0 spiro atoms. The van der Waals surface area contributed by atoms with E-state index in [0.29, 0.717) is 5.02 Å². The zero-order chi connectivity index (χ0) is 14.3. The van der Waals surface area contributed by atoms with Crippen LogP contribution in [0.5, 0.6) is 0 Å². The number of nitrogens with two attached hydrogens (primary N) is 1. The van der Waals surface area contributed by atoms with Gasteiger partial charge < -0.3 is 0 Å². The number of hydrogen-bond acceptors (Lipinski definition) is 4. The van der Waals surface area contributed by atoms with Crippen molar-refractivity contribution in [2.45, 2.75) is 6.04 Å². The molecule has 0 fully saturated rings. The van der Waals surface area contributed by atoms with Crippen molar-refractivity contribution < 1.29 is 4.39 Å². The first-order valence-electron chi connectivity index (χ1n) is 5.92. The second-order valence-electron chi connectivity index (χ2n) is 4.43. The average Bonchev–Trinajstić information content (AvgIpc) is 2.97. The summed E-state index contributed by atoms with van der Waals surface area (Å²) < 4.78 is 15.8. The normalized spacial score (nSPS) is 13.0. The molecule has 2 aromatic heterocycles. The number of hydrazine groups is 1. The summed E-state index contributed by atoms with van der Waals surface area (Å²) in [4.78, 5) is 0.957. The van der Waals surface area contributed by atoms with Gasteiger partial charge >= 0.3 is 0 Å². The molecule has 0 radical (unpaired) electrons. The summed E-state index contributed by atoms with van der Waals surface area (Å²) in [6, 6.07) is 6.41. The minimum Gasteiger partial charge on any atom is -0.270 e. The molecule has 1 atom stereocenters. The molecule has 1 unspecified atom stereocenters. The van der Waals surface area contributed by atoms with E-state index in [9.17, 15) is 4.39 Å². The maximum atomic E-state index is 13.3. The van der Waals surface area contributed by atoms with Crippen LogP contribution in [0.2, 0.25) is 5.02 Å².